The van der Waals surface area contributed by atoms with Gasteiger partial charge in [0, 0.05) is 11.1 Å². The van der Waals surface area contributed by atoms with Gasteiger partial charge < -0.3 is 0 Å². The highest BCUT2D eigenvalue weighted by Crippen LogP contribution is 2.11. The number of quaternary nitrogens is 3. The zero-order valence-corrected chi connectivity index (χ0v) is 10.7. The molecule has 5 heterocycles. The van der Waals surface area contributed by atoms with E-state index in [2.05, 4.69) is 23.7 Å². The third-order valence-electron chi connectivity index (χ3n) is 4.25. The van der Waals surface area contributed by atoms with Gasteiger partial charge in [0.05, 0.1) is 0 Å². The number of rotatable bonds is 2. The first-order valence-corrected chi connectivity index (χ1v) is 7.29. The van der Waals surface area contributed by atoms with Crippen LogP contribution in [0.1, 0.15) is 4.88 Å². The van der Waals surface area contributed by atoms with Gasteiger partial charge in [-0.15, -0.1) is 11.3 Å². The summed E-state index contributed by atoms with van der Waals surface area (Å²) in [6.07, 6.45) is 2.11. The second-order valence-corrected chi connectivity index (χ2v) is 6.79. The van der Waals surface area contributed by atoms with Gasteiger partial charge in [0.1, 0.15) is 19.6 Å². The molecule has 0 radical (unpaired) electrons. The Hall–Kier alpha value is -0.750. The fraction of sp³-hybridized carbons (Fsp3) is 0.583. The lowest BCUT2D eigenvalue weighted by molar-refractivity contribution is -1.29. The van der Waals surface area contributed by atoms with Gasteiger partial charge in [-0.1, -0.05) is 6.07 Å². The molecule has 5 rings (SSSR count). The van der Waals surface area contributed by atoms with E-state index < -0.39 is 0 Å². The van der Waals surface area contributed by atoms with Crippen LogP contribution in [0, 0.1) is 0 Å². The summed E-state index contributed by atoms with van der Waals surface area (Å²) in [5.41, 5.74) is 0.235. The van der Waals surface area contributed by atoms with Crippen LogP contribution < -0.4 is 14.7 Å². The number of nitrogens with one attached hydrogen (secondary N) is 3. The smallest absolute Gasteiger partial charge is 0.213 e. The van der Waals surface area contributed by atoms with Crippen molar-refractivity contribution in [1.29, 1.82) is 0 Å². The monoisotopic (exact) mass is 251 g/mol. The molecule has 1 aromatic heterocycles. The van der Waals surface area contributed by atoms with Crippen LogP contribution in [0.25, 0.3) is 0 Å². The van der Waals surface area contributed by atoms with Gasteiger partial charge in [-0.3, -0.25) is 4.99 Å². The van der Waals surface area contributed by atoms with E-state index in [1.807, 2.05) is 0 Å². The molecule has 0 unspecified atom stereocenters. The van der Waals surface area contributed by atoms with Gasteiger partial charge in [-0.05, 0) is 11.4 Å². The van der Waals surface area contributed by atoms with Crippen molar-refractivity contribution in [1.82, 2.24) is 0 Å². The second kappa shape index (κ2) is 3.62. The van der Waals surface area contributed by atoms with E-state index in [-0.39, 0.29) is 5.54 Å². The van der Waals surface area contributed by atoms with Crippen molar-refractivity contribution in [3.05, 3.63) is 22.4 Å². The summed E-state index contributed by atoms with van der Waals surface area (Å²) < 4.78 is 0. The van der Waals surface area contributed by atoms with E-state index in [9.17, 15) is 0 Å². The van der Waals surface area contributed by atoms with Crippen LogP contribution in [0.4, 0.5) is 0 Å². The Morgan fingerprint density at radius 1 is 1.12 bits per heavy atom. The number of thiophene rings is 1. The molecule has 4 saturated heterocycles. The Morgan fingerprint density at radius 3 is 2.29 bits per heavy atom. The van der Waals surface area contributed by atoms with Gasteiger partial charge in [0.15, 0.2) is 0 Å². The van der Waals surface area contributed by atoms with Gasteiger partial charge in [-0.2, -0.15) is 0 Å². The van der Waals surface area contributed by atoms with E-state index in [0.29, 0.717) is 0 Å². The minimum atomic E-state index is 0.235. The molecule has 0 spiro atoms. The SMILES string of the molecule is C(=NC12C[NH+]3C[NH+](C[NH+](C3)C1)C2)c1cccs1. The summed E-state index contributed by atoms with van der Waals surface area (Å²) in [7, 11) is 0. The van der Waals surface area contributed by atoms with Crippen LogP contribution in [0.15, 0.2) is 22.5 Å². The van der Waals surface area contributed by atoms with Crippen molar-refractivity contribution < 1.29 is 14.7 Å². The molecular formula is C12H19N4S+3. The normalized spacial score (nSPS) is 43.6. The first kappa shape index (κ1) is 10.2. The highest BCUT2D eigenvalue weighted by Gasteiger charge is 2.57. The topological polar surface area (TPSA) is 25.7 Å². The van der Waals surface area contributed by atoms with Crippen molar-refractivity contribution in [2.45, 2.75) is 5.54 Å². The highest BCUT2D eigenvalue weighted by atomic mass is 32.1. The maximum absolute atomic E-state index is 4.98. The van der Waals surface area contributed by atoms with E-state index in [1.165, 1.54) is 44.5 Å². The van der Waals surface area contributed by atoms with Crippen molar-refractivity contribution in [3.63, 3.8) is 0 Å². The quantitative estimate of drug-likeness (QED) is 0.454. The number of aliphatic imine (C=N–C) groups is 1. The number of nitrogens with zero attached hydrogens (tertiary/aromatic N) is 1. The molecule has 3 N–H and O–H groups in total. The van der Waals surface area contributed by atoms with Crippen LogP contribution in [-0.2, 0) is 0 Å². The fourth-order valence-corrected chi connectivity index (χ4v) is 4.49. The lowest BCUT2D eigenvalue weighted by Gasteiger charge is -2.50. The van der Waals surface area contributed by atoms with E-state index in [0.717, 1.165) is 0 Å². The van der Waals surface area contributed by atoms with Crippen LogP contribution in [0.3, 0.4) is 0 Å². The summed E-state index contributed by atoms with van der Waals surface area (Å²) in [6.45, 7) is 7.71. The van der Waals surface area contributed by atoms with Crippen molar-refractivity contribution in [2.24, 2.45) is 4.99 Å². The Balaban J connectivity index is 1.60. The molecule has 4 bridgehead atoms. The average molecular weight is 251 g/mol. The molecule has 90 valence electrons. The van der Waals surface area contributed by atoms with Gasteiger partial charge in [0.2, 0.25) is 25.5 Å². The molecule has 0 aromatic carbocycles. The van der Waals surface area contributed by atoms with E-state index in [1.54, 1.807) is 26.0 Å². The molecule has 4 aliphatic heterocycles. The average Bonchev–Trinajstić information content (AvgIpc) is 2.77. The van der Waals surface area contributed by atoms with Crippen molar-refractivity contribution in [2.75, 3.05) is 39.6 Å². The maximum Gasteiger partial charge on any atom is 0.213 e. The van der Waals surface area contributed by atoms with Crippen LogP contribution >= 0.6 is 11.3 Å². The third-order valence-corrected chi connectivity index (χ3v) is 5.05. The Labute approximate surface area is 105 Å². The summed E-state index contributed by atoms with van der Waals surface area (Å²) in [4.78, 5) is 11.5. The standard InChI is InChI=1S/C12H16N4S/c1-2-11(17-3-1)4-13-12-5-14-8-15(6-12)10-16(7-12)9-14/h1-4H,5-10H2/p+3. The fourth-order valence-electron chi connectivity index (χ4n) is 3.91. The van der Waals surface area contributed by atoms with Gasteiger partial charge in [0.25, 0.3) is 0 Å². The van der Waals surface area contributed by atoms with Crippen molar-refractivity contribution in [3.8, 4) is 0 Å². The molecule has 0 amide bonds. The highest BCUT2D eigenvalue weighted by molar-refractivity contribution is 7.11. The largest absolute Gasteiger partial charge is 0.267 e. The van der Waals surface area contributed by atoms with Crippen molar-refractivity contribution >= 4 is 17.6 Å². The number of hydrogen-bond acceptors (Lipinski definition) is 2. The lowest BCUT2D eigenvalue weighted by atomic mass is 9.92. The minimum Gasteiger partial charge on any atom is -0.267 e. The summed E-state index contributed by atoms with van der Waals surface area (Å²) in [5.74, 6) is 0. The molecule has 0 aliphatic carbocycles. The Morgan fingerprint density at radius 2 is 1.76 bits per heavy atom. The molecular weight excluding hydrogens is 232 g/mol. The van der Waals surface area contributed by atoms with Gasteiger partial charge in [-0.25, -0.2) is 14.7 Å². The Bertz CT molecular complexity index is 404. The first-order chi connectivity index (χ1) is 8.31. The number of hydrogen-bond donors (Lipinski definition) is 3. The molecule has 0 atom stereocenters. The molecule has 4 aliphatic rings. The zero-order chi connectivity index (χ0) is 11.3. The zero-order valence-electron chi connectivity index (χ0n) is 9.91. The molecule has 4 fully saturated rings. The summed E-state index contributed by atoms with van der Waals surface area (Å²) in [6, 6.07) is 4.26. The molecule has 4 nitrogen and oxygen atoms in total. The lowest BCUT2D eigenvalue weighted by Crippen LogP contribution is -3.56. The predicted octanol–water partition coefficient (Wildman–Crippen LogP) is -3.53. The maximum atomic E-state index is 4.98. The summed E-state index contributed by atoms with van der Waals surface area (Å²) in [5, 5.41) is 2.12. The Kier molecular flexibility index (Phi) is 2.17. The summed E-state index contributed by atoms with van der Waals surface area (Å²) >= 11 is 1.78. The molecule has 5 heteroatoms. The van der Waals surface area contributed by atoms with Crippen LogP contribution in [0.5, 0.6) is 0 Å². The second-order valence-electron chi connectivity index (χ2n) is 5.81. The van der Waals surface area contributed by atoms with E-state index in [4.69, 9.17) is 4.99 Å². The minimum absolute atomic E-state index is 0.235. The van der Waals surface area contributed by atoms with Crippen LogP contribution in [0.2, 0.25) is 0 Å². The first-order valence-electron chi connectivity index (χ1n) is 6.41. The molecule has 17 heavy (non-hydrogen) atoms. The van der Waals surface area contributed by atoms with E-state index >= 15 is 0 Å². The molecule has 0 saturated carbocycles. The molecule has 1 aromatic rings. The predicted molar refractivity (Wildman–Crippen MR) is 66.7 cm³/mol. The third kappa shape index (κ3) is 1.74. The van der Waals surface area contributed by atoms with Crippen LogP contribution in [-0.4, -0.2) is 51.4 Å². The van der Waals surface area contributed by atoms with Gasteiger partial charge >= 0.3 is 0 Å².